The monoisotopic (exact) mass is 301 g/mol. The van der Waals surface area contributed by atoms with E-state index in [9.17, 15) is 18.0 Å². The molecule has 1 N–H and O–H groups in total. The van der Waals surface area contributed by atoms with Crippen molar-refractivity contribution >= 4 is 6.03 Å². The average molecular weight is 301 g/mol. The minimum atomic E-state index is -4.55. The Bertz CT molecular complexity index is 566. The SMILES string of the molecule is Cc1cc(C(F)(F)F)nn1NC(=O)N1CCC(C#N)CC1. The molecule has 0 aliphatic carbocycles. The van der Waals surface area contributed by atoms with Crippen molar-refractivity contribution in [1.29, 1.82) is 5.26 Å². The fraction of sp³-hybridized carbons (Fsp3) is 0.583. The van der Waals surface area contributed by atoms with Crippen LogP contribution >= 0.6 is 0 Å². The van der Waals surface area contributed by atoms with Crippen LogP contribution in [0.15, 0.2) is 6.07 Å². The molecule has 114 valence electrons. The lowest BCUT2D eigenvalue weighted by Gasteiger charge is -2.29. The molecule has 21 heavy (non-hydrogen) atoms. The molecular formula is C12H14F3N5O. The molecule has 1 aliphatic heterocycles. The summed E-state index contributed by atoms with van der Waals surface area (Å²) < 4.78 is 37.6. The van der Waals surface area contributed by atoms with E-state index in [1.807, 2.05) is 0 Å². The summed E-state index contributed by atoms with van der Waals surface area (Å²) in [5.41, 5.74) is 1.45. The largest absolute Gasteiger partial charge is 0.435 e. The quantitative estimate of drug-likeness (QED) is 0.863. The van der Waals surface area contributed by atoms with Crippen LogP contribution in [0.1, 0.15) is 24.2 Å². The average Bonchev–Trinajstić information content (AvgIpc) is 2.80. The summed E-state index contributed by atoms with van der Waals surface area (Å²) in [5, 5.41) is 12.1. The van der Waals surface area contributed by atoms with Crippen molar-refractivity contribution in [3.05, 3.63) is 17.5 Å². The molecule has 2 rings (SSSR count). The van der Waals surface area contributed by atoms with Crippen molar-refractivity contribution in [2.75, 3.05) is 18.5 Å². The first-order chi connectivity index (χ1) is 9.81. The summed E-state index contributed by atoms with van der Waals surface area (Å²) in [5.74, 6) is -0.0719. The number of urea groups is 1. The van der Waals surface area contributed by atoms with Crippen molar-refractivity contribution in [2.45, 2.75) is 25.9 Å². The maximum Gasteiger partial charge on any atom is 0.435 e. The number of nitrogens with zero attached hydrogens (tertiary/aromatic N) is 4. The lowest BCUT2D eigenvalue weighted by molar-refractivity contribution is -0.141. The van der Waals surface area contributed by atoms with Gasteiger partial charge < -0.3 is 4.90 Å². The van der Waals surface area contributed by atoms with Crippen LogP contribution in [0.4, 0.5) is 18.0 Å². The number of piperidine rings is 1. The zero-order valence-corrected chi connectivity index (χ0v) is 11.3. The number of likely N-dealkylation sites (tertiary alicyclic amines) is 1. The van der Waals surface area contributed by atoms with Gasteiger partial charge in [0.05, 0.1) is 11.8 Å². The van der Waals surface area contributed by atoms with Crippen molar-refractivity contribution in [3.63, 3.8) is 0 Å². The third-order valence-corrected chi connectivity index (χ3v) is 3.34. The molecule has 0 atom stereocenters. The van der Waals surface area contributed by atoms with E-state index in [0.29, 0.717) is 25.9 Å². The van der Waals surface area contributed by atoms with Crippen LogP contribution < -0.4 is 5.43 Å². The molecule has 0 aromatic carbocycles. The molecule has 1 aromatic heterocycles. The molecule has 1 aromatic rings. The highest BCUT2D eigenvalue weighted by Gasteiger charge is 2.35. The van der Waals surface area contributed by atoms with Crippen LogP contribution in [0.25, 0.3) is 0 Å². The first-order valence-corrected chi connectivity index (χ1v) is 6.40. The van der Waals surface area contributed by atoms with E-state index < -0.39 is 17.9 Å². The molecule has 2 amide bonds. The molecule has 6 nitrogen and oxygen atoms in total. The summed E-state index contributed by atoms with van der Waals surface area (Å²) in [6, 6.07) is 2.48. The van der Waals surface area contributed by atoms with Gasteiger partial charge >= 0.3 is 12.2 Å². The minimum Gasteiger partial charge on any atom is -0.323 e. The zero-order valence-electron chi connectivity index (χ0n) is 11.3. The van der Waals surface area contributed by atoms with Crippen LogP contribution in [-0.2, 0) is 6.18 Å². The van der Waals surface area contributed by atoms with Gasteiger partial charge in [0.25, 0.3) is 0 Å². The maximum absolute atomic E-state index is 12.5. The summed E-state index contributed by atoms with van der Waals surface area (Å²) in [6.07, 6.45) is -3.42. The second-order valence-corrected chi connectivity index (χ2v) is 4.89. The number of nitrogens with one attached hydrogen (secondary N) is 1. The van der Waals surface area contributed by atoms with Gasteiger partial charge in [-0.3, -0.25) is 0 Å². The summed E-state index contributed by atoms with van der Waals surface area (Å²) >= 11 is 0. The van der Waals surface area contributed by atoms with Crippen LogP contribution in [0.3, 0.4) is 0 Å². The number of aromatic nitrogens is 2. The standard InChI is InChI=1S/C12H14F3N5O/c1-8-6-10(12(13,14)15)17-20(8)18-11(21)19-4-2-9(7-16)3-5-19/h6,9H,2-5H2,1H3,(H,18,21). The third-order valence-electron chi connectivity index (χ3n) is 3.34. The molecule has 1 saturated heterocycles. The molecule has 2 heterocycles. The summed E-state index contributed by atoms with van der Waals surface area (Å²) in [6.45, 7) is 2.22. The molecule has 9 heteroatoms. The Hall–Kier alpha value is -2.24. The van der Waals surface area contributed by atoms with Crippen LogP contribution in [0, 0.1) is 24.2 Å². The molecule has 0 unspecified atom stereocenters. The van der Waals surface area contributed by atoms with Gasteiger partial charge in [-0.15, -0.1) is 5.10 Å². The van der Waals surface area contributed by atoms with Gasteiger partial charge in [-0.2, -0.15) is 23.2 Å². The molecule has 0 radical (unpaired) electrons. The number of carbonyl (C=O) groups excluding carboxylic acids is 1. The first-order valence-electron chi connectivity index (χ1n) is 6.40. The first kappa shape index (κ1) is 15.2. The number of hydrogen-bond donors (Lipinski definition) is 1. The number of rotatable bonds is 1. The van der Waals surface area contributed by atoms with Gasteiger partial charge in [-0.1, -0.05) is 0 Å². The van der Waals surface area contributed by atoms with E-state index in [1.165, 1.54) is 11.8 Å². The number of carbonyl (C=O) groups is 1. The van der Waals surface area contributed by atoms with Gasteiger partial charge in [-0.25, -0.2) is 10.2 Å². The normalized spacial score (nSPS) is 16.6. The number of halogens is 3. The fourth-order valence-electron chi connectivity index (χ4n) is 2.10. The van der Waals surface area contributed by atoms with Gasteiger partial charge in [0.15, 0.2) is 5.69 Å². The summed E-state index contributed by atoms with van der Waals surface area (Å²) in [4.78, 5) is 14.2. The maximum atomic E-state index is 12.5. The highest BCUT2D eigenvalue weighted by Crippen LogP contribution is 2.28. The lowest BCUT2D eigenvalue weighted by Crippen LogP contribution is -2.43. The molecule has 1 aliphatic rings. The van der Waals surface area contributed by atoms with Gasteiger partial charge in [0, 0.05) is 19.0 Å². The van der Waals surface area contributed by atoms with E-state index in [2.05, 4.69) is 16.6 Å². The molecule has 0 spiro atoms. The number of aryl methyl sites for hydroxylation is 1. The Balaban J connectivity index is 2.01. The Kier molecular flexibility index (Phi) is 4.06. The Labute approximate surface area is 119 Å². The van der Waals surface area contributed by atoms with Crippen molar-refractivity contribution in [1.82, 2.24) is 14.8 Å². The predicted octanol–water partition coefficient (Wildman–Crippen LogP) is 2.11. The Morgan fingerprint density at radius 1 is 1.48 bits per heavy atom. The van der Waals surface area contributed by atoms with Crippen LogP contribution in [0.2, 0.25) is 0 Å². The van der Waals surface area contributed by atoms with Crippen LogP contribution in [-0.4, -0.2) is 33.9 Å². The number of amides is 2. The highest BCUT2D eigenvalue weighted by molar-refractivity contribution is 5.82. The van der Waals surface area contributed by atoms with Crippen molar-refractivity contribution in [3.8, 4) is 6.07 Å². The van der Waals surface area contributed by atoms with Crippen molar-refractivity contribution in [2.24, 2.45) is 5.92 Å². The predicted molar refractivity (Wildman–Crippen MR) is 66.6 cm³/mol. The van der Waals surface area contributed by atoms with Gasteiger partial charge in [-0.05, 0) is 25.8 Å². The lowest BCUT2D eigenvalue weighted by atomic mass is 9.99. The molecule has 1 fully saturated rings. The second kappa shape index (κ2) is 5.63. The third kappa shape index (κ3) is 3.45. The molecule has 0 saturated carbocycles. The van der Waals surface area contributed by atoms with E-state index >= 15 is 0 Å². The van der Waals surface area contributed by atoms with Gasteiger partial charge in [0.1, 0.15) is 0 Å². The van der Waals surface area contributed by atoms with Gasteiger partial charge in [0.2, 0.25) is 0 Å². The molecule has 0 bridgehead atoms. The topological polar surface area (TPSA) is 74.0 Å². The van der Waals surface area contributed by atoms with E-state index in [4.69, 9.17) is 5.26 Å². The second-order valence-electron chi connectivity index (χ2n) is 4.89. The van der Waals surface area contributed by atoms with E-state index in [-0.39, 0.29) is 11.6 Å². The minimum absolute atomic E-state index is 0.0719. The Morgan fingerprint density at radius 2 is 2.10 bits per heavy atom. The number of alkyl halides is 3. The fourth-order valence-corrected chi connectivity index (χ4v) is 2.10. The van der Waals surface area contributed by atoms with E-state index in [1.54, 1.807) is 0 Å². The van der Waals surface area contributed by atoms with Crippen LogP contribution in [0.5, 0.6) is 0 Å². The smallest absolute Gasteiger partial charge is 0.323 e. The Morgan fingerprint density at radius 3 is 2.57 bits per heavy atom. The highest BCUT2D eigenvalue weighted by atomic mass is 19.4. The van der Waals surface area contributed by atoms with Crippen molar-refractivity contribution < 1.29 is 18.0 Å². The molecular weight excluding hydrogens is 287 g/mol. The number of nitriles is 1. The number of hydrogen-bond acceptors (Lipinski definition) is 3. The zero-order chi connectivity index (χ0) is 15.6. The summed E-state index contributed by atoms with van der Waals surface area (Å²) in [7, 11) is 0. The van der Waals surface area contributed by atoms with E-state index in [0.717, 1.165) is 10.9 Å².